The van der Waals surface area contributed by atoms with Gasteiger partial charge in [-0.15, -0.1) is 4.72 Å². The zero-order chi connectivity index (χ0) is 14.1. The molecule has 1 unspecified atom stereocenters. The van der Waals surface area contributed by atoms with Crippen molar-refractivity contribution in [1.82, 2.24) is 4.72 Å². The Labute approximate surface area is 108 Å². The molecule has 1 N–H and O–H groups in total. The Morgan fingerprint density at radius 2 is 1.61 bits per heavy atom. The van der Waals surface area contributed by atoms with E-state index in [1.807, 2.05) is 0 Å². The van der Waals surface area contributed by atoms with E-state index in [0.717, 1.165) is 6.07 Å². The van der Waals surface area contributed by atoms with Crippen LogP contribution in [-0.2, 0) is 11.4 Å². The molecule has 2 atom stereocenters. The van der Waals surface area contributed by atoms with Gasteiger partial charge >= 0.3 is 0 Å². The van der Waals surface area contributed by atoms with Crippen LogP contribution in [0.25, 0.3) is 0 Å². The van der Waals surface area contributed by atoms with Gasteiger partial charge in [-0.2, -0.15) is 0 Å². The summed E-state index contributed by atoms with van der Waals surface area (Å²) in [6.45, 7) is 6.80. The lowest BCUT2D eigenvalue weighted by Gasteiger charge is -2.26. The molecule has 1 aromatic rings. The summed E-state index contributed by atoms with van der Waals surface area (Å²) in [6.07, 6.45) is 0. The van der Waals surface area contributed by atoms with Gasteiger partial charge in [-0.05, 0) is 33.8 Å². The summed E-state index contributed by atoms with van der Waals surface area (Å²) in [6, 6.07) is 0.588. The third kappa shape index (κ3) is 3.63. The molecule has 0 radical (unpaired) electrons. The first-order valence-corrected chi connectivity index (χ1v) is 6.60. The van der Waals surface area contributed by atoms with Crippen LogP contribution in [-0.4, -0.2) is 9.30 Å². The lowest BCUT2D eigenvalue weighted by Crippen LogP contribution is -2.40. The minimum atomic E-state index is -1.42. The van der Waals surface area contributed by atoms with Gasteiger partial charge in [0.2, 0.25) is 0 Å². The molecule has 0 fully saturated rings. The molecule has 0 saturated heterocycles. The fraction of sp³-hybridized carbons (Fsp3) is 0.500. The van der Waals surface area contributed by atoms with Crippen LogP contribution < -0.4 is 4.72 Å². The Hall–Kier alpha value is -0.720. The maximum atomic E-state index is 13.5. The predicted octanol–water partition coefficient (Wildman–Crippen LogP) is 3.22. The summed E-state index contributed by atoms with van der Waals surface area (Å²) in [4.78, 5) is 0. The number of benzene rings is 1. The summed E-state index contributed by atoms with van der Waals surface area (Å²) in [5.74, 6) is -3.22. The van der Waals surface area contributed by atoms with Crippen molar-refractivity contribution in [2.45, 2.75) is 38.5 Å². The van der Waals surface area contributed by atoms with Crippen LogP contribution in [0.4, 0.5) is 13.2 Å². The van der Waals surface area contributed by atoms with Crippen molar-refractivity contribution < 1.29 is 17.7 Å². The molecule has 0 heterocycles. The van der Waals surface area contributed by atoms with Gasteiger partial charge in [0, 0.05) is 23.0 Å². The van der Waals surface area contributed by atoms with Crippen LogP contribution in [0.3, 0.4) is 0 Å². The van der Waals surface area contributed by atoms with Crippen LogP contribution in [0, 0.1) is 17.5 Å². The maximum absolute atomic E-state index is 13.5. The molecular formula is C12H16F3NOS. The molecule has 0 aliphatic heterocycles. The lowest BCUT2D eigenvalue weighted by molar-refractivity contribution is 0.480. The van der Waals surface area contributed by atoms with Crippen LogP contribution in [0.15, 0.2) is 12.1 Å². The van der Waals surface area contributed by atoms with Crippen LogP contribution >= 0.6 is 0 Å². The van der Waals surface area contributed by atoms with Crippen molar-refractivity contribution in [1.29, 1.82) is 0 Å². The average molecular weight is 279 g/mol. The molecule has 0 aliphatic carbocycles. The molecule has 1 rings (SSSR count). The van der Waals surface area contributed by atoms with Crippen LogP contribution in [0.2, 0.25) is 0 Å². The first-order valence-electron chi connectivity index (χ1n) is 5.45. The first kappa shape index (κ1) is 15.3. The van der Waals surface area contributed by atoms with Crippen molar-refractivity contribution in [2.75, 3.05) is 0 Å². The third-order valence-corrected chi connectivity index (χ3v) is 4.03. The Balaban J connectivity index is 2.91. The third-order valence-electron chi connectivity index (χ3n) is 2.35. The number of hydrogen-bond acceptors (Lipinski definition) is 2. The van der Waals surface area contributed by atoms with E-state index in [9.17, 15) is 17.7 Å². The molecule has 0 bridgehead atoms. The molecule has 0 spiro atoms. The molecule has 0 aliphatic rings. The quantitative estimate of drug-likeness (QED) is 0.681. The second-order valence-electron chi connectivity index (χ2n) is 5.01. The van der Waals surface area contributed by atoms with Gasteiger partial charge in [-0.25, -0.2) is 13.2 Å². The van der Waals surface area contributed by atoms with E-state index in [1.54, 1.807) is 27.7 Å². The van der Waals surface area contributed by atoms with Crippen molar-refractivity contribution in [3.63, 3.8) is 0 Å². The average Bonchev–Trinajstić information content (AvgIpc) is 2.21. The summed E-state index contributed by atoms with van der Waals surface area (Å²) >= 11 is -1.42. The zero-order valence-corrected chi connectivity index (χ0v) is 11.5. The van der Waals surface area contributed by atoms with E-state index in [4.69, 9.17) is 0 Å². The monoisotopic (exact) mass is 279 g/mol. The van der Waals surface area contributed by atoms with Crippen molar-refractivity contribution in [2.24, 2.45) is 0 Å². The molecule has 0 amide bonds. The zero-order valence-electron chi connectivity index (χ0n) is 10.7. The maximum Gasteiger partial charge on any atom is 0.161 e. The van der Waals surface area contributed by atoms with E-state index < -0.39 is 39.6 Å². The highest BCUT2D eigenvalue weighted by Crippen LogP contribution is 2.23. The van der Waals surface area contributed by atoms with Crippen molar-refractivity contribution in [3.8, 4) is 0 Å². The Kier molecular flexibility index (Phi) is 4.69. The highest BCUT2D eigenvalue weighted by molar-refractivity contribution is 7.90. The Morgan fingerprint density at radius 3 is 2.11 bits per heavy atom. The van der Waals surface area contributed by atoms with Gasteiger partial charge in [0.05, 0.1) is 6.04 Å². The topological polar surface area (TPSA) is 35.1 Å². The molecule has 1 aromatic carbocycles. The molecule has 6 heteroatoms. The van der Waals surface area contributed by atoms with E-state index in [1.165, 1.54) is 0 Å². The summed E-state index contributed by atoms with van der Waals surface area (Å²) < 4.78 is 53.3. The molecule has 2 nitrogen and oxygen atoms in total. The summed E-state index contributed by atoms with van der Waals surface area (Å²) in [5.41, 5.74) is -0.0495. The summed E-state index contributed by atoms with van der Waals surface area (Å²) in [7, 11) is 0. The van der Waals surface area contributed by atoms with Crippen LogP contribution in [0.5, 0.6) is 0 Å². The highest BCUT2D eigenvalue weighted by atomic mass is 32.2. The number of nitrogens with one attached hydrogen (secondary N) is 1. The normalized spacial score (nSPS) is 15.6. The Bertz CT molecular complexity index is 434. The van der Waals surface area contributed by atoms with Gasteiger partial charge in [-0.1, -0.05) is 0 Å². The Morgan fingerprint density at radius 1 is 1.11 bits per heavy atom. The number of halogens is 3. The fourth-order valence-corrected chi connectivity index (χ4v) is 2.07. The summed E-state index contributed by atoms with van der Waals surface area (Å²) in [5, 5.41) is 0. The van der Waals surface area contributed by atoms with Gasteiger partial charge in [0.25, 0.3) is 0 Å². The molecule has 0 saturated carbocycles. The fourth-order valence-electron chi connectivity index (χ4n) is 1.27. The number of hydrogen-bond donors (Lipinski definition) is 1. The molecular weight excluding hydrogens is 263 g/mol. The number of rotatable bonds is 3. The van der Waals surface area contributed by atoms with Gasteiger partial charge in [0.15, 0.2) is 11.6 Å². The van der Waals surface area contributed by atoms with Gasteiger partial charge in [-0.3, -0.25) is 0 Å². The second-order valence-corrected chi connectivity index (χ2v) is 7.01. The smallest absolute Gasteiger partial charge is 0.161 e. The largest absolute Gasteiger partial charge is 0.598 e. The van der Waals surface area contributed by atoms with Crippen molar-refractivity contribution >= 4 is 11.4 Å². The predicted molar refractivity (Wildman–Crippen MR) is 65.8 cm³/mol. The molecule has 102 valence electrons. The standard InChI is InChI=1S/C12H16F3NOS/c1-7(16-18(17)12(2,3)4)8-5-10(14)11(15)6-9(8)13/h5-7,16H,1-4H3/t7-,18?/m0/s1. The van der Waals surface area contributed by atoms with Crippen LogP contribution in [0.1, 0.15) is 39.3 Å². The molecule has 0 aromatic heterocycles. The SMILES string of the molecule is C[C@H](N[S+]([O-])C(C)(C)C)c1cc(F)c(F)cc1F. The van der Waals surface area contributed by atoms with E-state index in [0.29, 0.717) is 6.07 Å². The van der Waals surface area contributed by atoms with E-state index in [2.05, 4.69) is 4.72 Å². The molecule has 18 heavy (non-hydrogen) atoms. The lowest BCUT2D eigenvalue weighted by atomic mass is 10.1. The van der Waals surface area contributed by atoms with Gasteiger partial charge < -0.3 is 4.55 Å². The minimum absolute atomic E-state index is 0.0495. The van der Waals surface area contributed by atoms with Gasteiger partial charge in [0.1, 0.15) is 10.6 Å². The van der Waals surface area contributed by atoms with Crippen molar-refractivity contribution in [3.05, 3.63) is 35.1 Å². The van der Waals surface area contributed by atoms with E-state index >= 15 is 0 Å². The first-order chi connectivity index (χ1) is 8.12. The minimum Gasteiger partial charge on any atom is -0.598 e. The second kappa shape index (κ2) is 5.50. The highest BCUT2D eigenvalue weighted by Gasteiger charge is 2.29. The van der Waals surface area contributed by atoms with E-state index in [-0.39, 0.29) is 5.56 Å².